The van der Waals surface area contributed by atoms with Crippen LogP contribution in [-0.2, 0) is 4.79 Å². The van der Waals surface area contributed by atoms with E-state index >= 15 is 0 Å². The minimum absolute atomic E-state index is 0.164. The minimum atomic E-state index is -0.535. The first kappa shape index (κ1) is 21.1. The predicted octanol–water partition coefficient (Wildman–Crippen LogP) is 2.32. The van der Waals surface area contributed by atoms with Crippen LogP contribution in [0.25, 0.3) is 11.4 Å². The molecule has 0 bridgehead atoms. The Morgan fingerprint density at radius 3 is 2.57 bits per heavy atom. The molecule has 0 saturated carbocycles. The average molecular weight is 431 g/mol. The Hall–Kier alpha value is -3.59. The number of nitrogens with zero attached hydrogens (tertiary/aromatic N) is 2. The lowest BCUT2D eigenvalue weighted by Gasteiger charge is -2.08. The highest BCUT2D eigenvalue weighted by Crippen LogP contribution is 2.19. The molecule has 0 aliphatic heterocycles. The van der Waals surface area contributed by atoms with E-state index < -0.39 is 5.91 Å². The molecule has 0 unspecified atom stereocenters. The maximum Gasteiger partial charge on any atom is 0.316 e. The highest BCUT2D eigenvalue weighted by atomic mass is 35.5. The molecule has 0 radical (unpaired) electrons. The van der Waals surface area contributed by atoms with Gasteiger partial charge in [0, 0.05) is 23.7 Å². The molecule has 1 heterocycles. The third-order valence-electron chi connectivity index (χ3n) is 3.87. The lowest BCUT2D eigenvalue weighted by molar-refractivity contribution is -0.123. The minimum Gasteiger partial charge on any atom is -0.497 e. The third kappa shape index (κ3) is 5.95. The second kappa shape index (κ2) is 10.3. The van der Waals surface area contributed by atoms with Gasteiger partial charge in [0.1, 0.15) is 11.5 Å². The maximum absolute atomic E-state index is 12.1. The van der Waals surface area contributed by atoms with Crippen LogP contribution < -0.4 is 20.1 Å². The summed E-state index contributed by atoms with van der Waals surface area (Å²) in [6, 6.07) is 13.8. The Labute approximate surface area is 177 Å². The topological polar surface area (TPSA) is 116 Å². The van der Waals surface area contributed by atoms with Crippen LogP contribution in [0, 0.1) is 0 Å². The van der Waals surface area contributed by atoms with Crippen molar-refractivity contribution in [1.29, 1.82) is 0 Å². The standard InChI is InChI=1S/C20H19ClN4O5/c1-28-15-7-5-13(6-8-15)18-24-20(30-25-18)19(27)23-10-9-22-17(26)12-29-16-4-2-3-14(21)11-16/h2-8,11H,9-10,12H2,1H3,(H,22,26)(H,23,27). The van der Waals surface area contributed by atoms with Crippen molar-refractivity contribution in [3.05, 3.63) is 59.4 Å². The van der Waals surface area contributed by atoms with Gasteiger partial charge < -0.3 is 24.6 Å². The van der Waals surface area contributed by atoms with Gasteiger partial charge in [-0.1, -0.05) is 22.8 Å². The normalized spacial score (nSPS) is 10.3. The van der Waals surface area contributed by atoms with Crippen LogP contribution in [-0.4, -0.2) is 48.8 Å². The smallest absolute Gasteiger partial charge is 0.316 e. The molecule has 9 nitrogen and oxygen atoms in total. The fourth-order valence-corrected chi connectivity index (χ4v) is 2.56. The Morgan fingerprint density at radius 1 is 1.07 bits per heavy atom. The van der Waals surface area contributed by atoms with Crippen molar-refractivity contribution in [3.63, 3.8) is 0 Å². The summed E-state index contributed by atoms with van der Waals surface area (Å²) in [4.78, 5) is 28.0. The molecule has 2 amide bonds. The van der Waals surface area contributed by atoms with Gasteiger partial charge in [0.05, 0.1) is 7.11 Å². The van der Waals surface area contributed by atoms with Crippen LogP contribution in [0.15, 0.2) is 53.1 Å². The van der Waals surface area contributed by atoms with Crippen molar-refractivity contribution in [2.75, 3.05) is 26.8 Å². The third-order valence-corrected chi connectivity index (χ3v) is 4.10. The molecule has 2 aromatic carbocycles. The van der Waals surface area contributed by atoms with E-state index in [1.165, 1.54) is 0 Å². The van der Waals surface area contributed by atoms with E-state index in [-0.39, 0.29) is 37.3 Å². The summed E-state index contributed by atoms with van der Waals surface area (Å²) < 4.78 is 15.4. The van der Waals surface area contributed by atoms with Gasteiger partial charge in [-0.05, 0) is 42.5 Å². The molecule has 0 aliphatic carbocycles. The number of hydrogen-bond acceptors (Lipinski definition) is 7. The first-order valence-corrected chi connectivity index (χ1v) is 9.34. The van der Waals surface area contributed by atoms with E-state index in [0.29, 0.717) is 22.1 Å². The number of amides is 2. The maximum atomic E-state index is 12.1. The van der Waals surface area contributed by atoms with Gasteiger partial charge in [-0.3, -0.25) is 9.59 Å². The monoisotopic (exact) mass is 430 g/mol. The number of carbonyl (C=O) groups excluding carboxylic acids is 2. The summed E-state index contributed by atoms with van der Waals surface area (Å²) in [5.74, 6) is 0.441. The number of hydrogen-bond donors (Lipinski definition) is 2. The molecule has 0 spiro atoms. The van der Waals surface area contributed by atoms with Gasteiger partial charge in [0.2, 0.25) is 5.82 Å². The van der Waals surface area contributed by atoms with Crippen LogP contribution >= 0.6 is 11.6 Å². The molecule has 156 valence electrons. The molecular formula is C20H19ClN4O5. The van der Waals surface area contributed by atoms with Gasteiger partial charge in [0.15, 0.2) is 6.61 Å². The van der Waals surface area contributed by atoms with Crippen molar-refractivity contribution in [2.24, 2.45) is 0 Å². The molecule has 0 aliphatic rings. The Kier molecular flexibility index (Phi) is 7.23. The molecule has 0 fully saturated rings. The number of ether oxygens (including phenoxy) is 2. The zero-order valence-corrected chi connectivity index (χ0v) is 16.8. The summed E-state index contributed by atoms with van der Waals surface area (Å²) >= 11 is 5.85. The van der Waals surface area contributed by atoms with E-state index in [4.69, 9.17) is 25.6 Å². The predicted molar refractivity (Wildman–Crippen MR) is 109 cm³/mol. The summed E-state index contributed by atoms with van der Waals surface area (Å²) in [6.45, 7) is 0.230. The van der Waals surface area contributed by atoms with Crippen LogP contribution in [0.2, 0.25) is 5.02 Å². The highest BCUT2D eigenvalue weighted by molar-refractivity contribution is 6.30. The molecule has 0 saturated heterocycles. The van der Waals surface area contributed by atoms with Crippen molar-refractivity contribution < 1.29 is 23.6 Å². The summed E-state index contributed by atoms with van der Waals surface area (Å²) in [7, 11) is 1.57. The zero-order valence-electron chi connectivity index (χ0n) is 16.1. The van der Waals surface area contributed by atoms with Crippen molar-refractivity contribution in [3.8, 4) is 22.9 Å². The van der Waals surface area contributed by atoms with Crippen molar-refractivity contribution >= 4 is 23.4 Å². The van der Waals surface area contributed by atoms with Gasteiger partial charge in [-0.15, -0.1) is 0 Å². The summed E-state index contributed by atoms with van der Waals surface area (Å²) in [5, 5.41) is 9.53. The fraction of sp³-hybridized carbons (Fsp3) is 0.200. The number of aromatic nitrogens is 2. The number of carbonyl (C=O) groups is 2. The van der Waals surface area contributed by atoms with Crippen molar-refractivity contribution in [2.45, 2.75) is 0 Å². The summed E-state index contributed by atoms with van der Waals surface area (Å²) in [6.07, 6.45) is 0. The van der Waals surface area contributed by atoms with Gasteiger partial charge >= 0.3 is 11.8 Å². The van der Waals surface area contributed by atoms with Crippen LogP contribution in [0.1, 0.15) is 10.7 Å². The van der Waals surface area contributed by atoms with Gasteiger partial charge in [0.25, 0.3) is 5.91 Å². The average Bonchev–Trinajstić information content (AvgIpc) is 3.26. The molecule has 10 heteroatoms. The fourth-order valence-electron chi connectivity index (χ4n) is 2.38. The number of benzene rings is 2. The van der Waals surface area contributed by atoms with Crippen LogP contribution in [0.5, 0.6) is 11.5 Å². The molecular weight excluding hydrogens is 412 g/mol. The second-order valence-corrected chi connectivity index (χ2v) is 6.44. The lowest BCUT2D eigenvalue weighted by Crippen LogP contribution is -2.36. The zero-order chi connectivity index (χ0) is 21.3. The molecule has 3 aromatic rings. The Bertz CT molecular complexity index is 1010. The number of nitrogens with one attached hydrogen (secondary N) is 2. The molecule has 1 aromatic heterocycles. The van der Waals surface area contributed by atoms with Gasteiger partial charge in [-0.2, -0.15) is 4.98 Å². The quantitative estimate of drug-likeness (QED) is 0.500. The van der Waals surface area contributed by atoms with E-state index in [2.05, 4.69) is 20.8 Å². The molecule has 0 atom stereocenters. The van der Waals surface area contributed by atoms with E-state index in [9.17, 15) is 9.59 Å². The largest absolute Gasteiger partial charge is 0.497 e. The van der Waals surface area contributed by atoms with E-state index in [0.717, 1.165) is 0 Å². The Balaban J connectivity index is 1.39. The highest BCUT2D eigenvalue weighted by Gasteiger charge is 2.16. The SMILES string of the molecule is COc1ccc(-c2noc(C(=O)NCCNC(=O)COc3cccc(Cl)c3)n2)cc1. The van der Waals surface area contributed by atoms with E-state index in [1.807, 2.05) is 0 Å². The second-order valence-electron chi connectivity index (χ2n) is 6.00. The molecule has 2 N–H and O–H groups in total. The van der Waals surface area contributed by atoms with E-state index in [1.54, 1.807) is 55.6 Å². The molecule has 3 rings (SSSR count). The van der Waals surface area contributed by atoms with Crippen LogP contribution in [0.4, 0.5) is 0 Å². The molecule has 30 heavy (non-hydrogen) atoms. The first-order chi connectivity index (χ1) is 14.5. The number of halogens is 1. The van der Waals surface area contributed by atoms with Crippen LogP contribution in [0.3, 0.4) is 0 Å². The number of methoxy groups -OCH3 is 1. The van der Waals surface area contributed by atoms with Gasteiger partial charge in [-0.25, -0.2) is 0 Å². The first-order valence-electron chi connectivity index (χ1n) is 8.96. The Morgan fingerprint density at radius 2 is 1.83 bits per heavy atom. The lowest BCUT2D eigenvalue weighted by atomic mass is 10.2. The van der Waals surface area contributed by atoms with Crippen molar-refractivity contribution in [1.82, 2.24) is 20.8 Å². The summed E-state index contributed by atoms with van der Waals surface area (Å²) in [5.41, 5.74) is 0.686. The number of rotatable bonds is 9.